The molecule has 0 N–H and O–H groups in total. The smallest absolute Gasteiger partial charge is 0.315 e. The molecule has 1 saturated heterocycles. The third kappa shape index (κ3) is 5.07. The lowest BCUT2D eigenvalue weighted by molar-refractivity contribution is -0.159. The van der Waals surface area contributed by atoms with Crippen LogP contribution in [0.1, 0.15) is 31.2 Å². The van der Waals surface area contributed by atoms with Crippen molar-refractivity contribution < 1.29 is 31.1 Å². The molecule has 1 aliphatic heterocycles. The molecule has 10 heteroatoms. The maximum Gasteiger partial charge on any atom is 0.315 e. The molecule has 0 radical (unpaired) electrons. The van der Waals surface area contributed by atoms with Crippen LogP contribution in [0.25, 0.3) is 11.1 Å². The molecule has 3 rings (SSSR count). The molecule has 31 heavy (non-hydrogen) atoms. The van der Waals surface area contributed by atoms with E-state index in [0.29, 0.717) is 11.3 Å². The molecule has 2 aromatic rings. The average molecular weight is 456 g/mol. The van der Waals surface area contributed by atoms with Crippen LogP contribution < -0.4 is 0 Å². The third-order valence-electron chi connectivity index (χ3n) is 5.07. The number of carbonyl (C=O) groups is 1. The Morgan fingerprint density at radius 3 is 2.26 bits per heavy atom. The normalized spacial score (nSPS) is 20.9. The van der Waals surface area contributed by atoms with Crippen molar-refractivity contribution in [2.45, 2.75) is 43.9 Å². The van der Waals surface area contributed by atoms with Crippen LogP contribution in [0, 0.1) is 0 Å². The number of alkyl halides is 3. The Balaban J connectivity index is 1.83. The zero-order valence-electron chi connectivity index (χ0n) is 17.3. The van der Waals surface area contributed by atoms with Crippen molar-refractivity contribution in [3.63, 3.8) is 0 Å². The Labute approximate surface area is 179 Å². The minimum atomic E-state index is -3.25. The van der Waals surface area contributed by atoms with Crippen molar-refractivity contribution in [3.05, 3.63) is 53.9 Å². The van der Waals surface area contributed by atoms with E-state index in [2.05, 4.69) is 4.98 Å². The number of hydrogen-bond acceptors (Lipinski definition) is 5. The molecule has 0 bridgehead atoms. The van der Waals surface area contributed by atoms with Crippen LogP contribution in [0.15, 0.2) is 42.6 Å². The van der Waals surface area contributed by atoms with E-state index < -0.39 is 46.7 Å². The first kappa shape index (κ1) is 23.2. The van der Waals surface area contributed by atoms with Crippen molar-refractivity contribution in [3.8, 4) is 11.1 Å². The molecular weight excluding hydrogens is 433 g/mol. The van der Waals surface area contributed by atoms with Gasteiger partial charge >= 0.3 is 6.43 Å². The highest BCUT2D eigenvalue weighted by Crippen LogP contribution is 2.42. The number of amides is 1. The maximum atomic E-state index is 13.8. The predicted molar refractivity (Wildman–Crippen MR) is 109 cm³/mol. The summed E-state index contributed by atoms with van der Waals surface area (Å²) in [7, 11) is -3.19. The summed E-state index contributed by atoms with van der Waals surface area (Å²) in [6, 6.07) is 9.04. The van der Waals surface area contributed by atoms with Crippen LogP contribution in [-0.2, 0) is 25.1 Å². The molecule has 0 aliphatic carbocycles. The molecule has 168 valence electrons. The molecule has 0 spiro atoms. The van der Waals surface area contributed by atoms with E-state index in [-0.39, 0.29) is 5.75 Å². The fraction of sp³-hybridized carbons (Fsp3) is 0.429. The van der Waals surface area contributed by atoms with Crippen LogP contribution in [0.2, 0.25) is 0 Å². The number of pyridine rings is 1. The lowest BCUT2D eigenvalue weighted by Crippen LogP contribution is -2.51. The maximum absolute atomic E-state index is 13.8. The molecule has 1 amide bonds. The Morgan fingerprint density at radius 1 is 1.16 bits per heavy atom. The molecule has 0 saturated carbocycles. The summed E-state index contributed by atoms with van der Waals surface area (Å²) in [4.78, 5) is 16.9. The lowest BCUT2D eigenvalue weighted by Gasteiger charge is -2.32. The lowest BCUT2D eigenvalue weighted by atomic mass is 9.99. The quantitative estimate of drug-likeness (QED) is 0.665. The molecule has 6 nitrogen and oxygen atoms in total. The standard InChI is InChI=1S/C21H23F3N2O4S/c1-21(2)26(20(27)19(23)24)17(10-22)18(30-21)14-6-4-13(5-7-14)15-8-9-16(25-11-15)12-31(3,28)29/h4-9,11,17-19H,10,12H2,1-3H3/t17-,18-/m1/s1. The highest BCUT2D eigenvalue weighted by Gasteiger charge is 2.52. The zero-order valence-corrected chi connectivity index (χ0v) is 18.1. The van der Waals surface area contributed by atoms with Crippen LogP contribution >= 0.6 is 0 Å². The molecular formula is C21H23F3N2O4S. The number of ether oxygens (including phenoxy) is 1. The SMILES string of the molecule is CC1(C)O[C@H](c2ccc(-c3ccc(CS(C)(=O)=O)nc3)cc2)[C@@H](CF)N1C(=O)C(F)F. The third-order valence-corrected chi connectivity index (χ3v) is 5.89. The molecule has 1 fully saturated rings. The first-order chi connectivity index (χ1) is 14.4. The summed E-state index contributed by atoms with van der Waals surface area (Å²) in [6.45, 7) is 1.88. The van der Waals surface area contributed by atoms with Gasteiger partial charge in [0.1, 0.15) is 18.5 Å². The molecule has 1 aliphatic rings. The zero-order chi connectivity index (χ0) is 23.0. The second-order valence-corrected chi connectivity index (χ2v) is 10.1. The summed E-state index contributed by atoms with van der Waals surface area (Å²) in [5.41, 5.74) is 1.11. The number of halogens is 3. The minimum Gasteiger partial charge on any atom is -0.346 e. The largest absolute Gasteiger partial charge is 0.346 e. The van der Waals surface area contributed by atoms with Crippen LogP contribution in [0.5, 0.6) is 0 Å². The average Bonchev–Trinajstić information content (AvgIpc) is 2.97. The van der Waals surface area contributed by atoms with Gasteiger partial charge in [-0.1, -0.05) is 30.3 Å². The van der Waals surface area contributed by atoms with Gasteiger partial charge in [-0.15, -0.1) is 0 Å². The van der Waals surface area contributed by atoms with Gasteiger partial charge in [-0.2, -0.15) is 8.78 Å². The topological polar surface area (TPSA) is 76.6 Å². The Morgan fingerprint density at radius 2 is 1.77 bits per heavy atom. The van der Waals surface area contributed by atoms with Crippen molar-refractivity contribution in [1.82, 2.24) is 9.88 Å². The molecule has 0 unspecified atom stereocenters. The van der Waals surface area contributed by atoms with Gasteiger partial charge in [-0.25, -0.2) is 12.8 Å². The number of rotatable bonds is 6. The first-order valence-electron chi connectivity index (χ1n) is 9.51. The first-order valence-corrected chi connectivity index (χ1v) is 11.6. The van der Waals surface area contributed by atoms with Crippen molar-refractivity contribution in [2.75, 3.05) is 12.9 Å². The summed E-state index contributed by atoms with van der Waals surface area (Å²) in [5, 5.41) is 0. The van der Waals surface area contributed by atoms with Gasteiger partial charge < -0.3 is 9.64 Å². The highest BCUT2D eigenvalue weighted by atomic mass is 32.2. The molecule has 2 heterocycles. The van der Waals surface area contributed by atoms with E-state index in [1.54, 1.807) is 42.6 Å². The Bertz CT molecular complexity index is 1040. The number of hydrogen-bond donors (Lipinski definition) is 0. The van der Waals surface area contributed by atoms with E-state index in [9.17, 15) is 26.4 Å². The van der Waals surface area contributed by atoms with Gasteiger partial charge in [-0.3, -0.25) is 9.78 Å². The summed E-state index contributed by atoms with van der Waals surface area (Å²) in [6.07, 6.45) is -1.46. The van der Waals surface area contributed by atoms with E-state index in [1.807, 2.05) is 0 Å². The second kappa shape index (κ2) is 8.58. The van der Waals surface area contributed by atoms with Crippen molar-refractivity contribution in [1.29, 1.82) is 0 Å². The Kier molecular flexibility index (Phi) is 6.43. The fourth-order valence-corrected chi connectivity index (χ4v) is 4.48. The van der Waals surface area contributed by atoms with Gasteiger partial charge in [-0.05, 0) is 31.0 Å². The van der Waals surface area contributed by atoms with Crippen LogP contribution in [0.4, 0.5) is 13.2 Å². The monoisotopic (exact) mass is 456 g/mol. The summed E-state index contributed by atoms with van der Waals surface area (Å²) in [5.74, 6) is -1.62. The van der Waals surface area contributed by atoms with Gasteiger partial charge in [0.25, 0.3) is 5.91 Å². The van der Waals surface area contributed by atoms with E-state index in [4.69, 9.17) is 4.74 Å². The van der Waals surface area contributed by atoms with Crippen molar-refractivity contribution >= 4 is 15.7 Å². The van der Waals surface area contributed by atoms with Gasteiger partial charge in [0.05, 0.1) is 17.5 Å². The molecule has 2 atom stereocenters. The number of carbonyl (C=O) groups excluding carboxylic acids is 1. The van der Waals surface area contributed by atoms with Crippen LogP contribution in [-0.4, -0.2) is 55.3 Å². The van der Waals surface area contributed by atoms with E-state index in [1.165, 1.54) is 13.8 Å². The predicted octanol–water partition coefficient (Wildman–Crippen LogP) is 3.53. The number of sulfone groups is 1. The van der Waals surface area contributed by atoms with E-state index >= 15 is 0 Å². The van der Waals surface area contributed by atoms with Gasteiger partial charge in [0.2, 0.25) is 0 Å². The minimum absolute atomic E-state index is 0.153. The van der Waals surface area contributed by atoms with Crippen LogP contribution in [0.3, 0.4) is 0 Å². The number of aromatic nitrogens is 1. The Hall–Kier alpha value is -2.46. The van der Waals surface area contributed by atoms with Crippen molar-refractivity contribution in [2.24, 2.45) is 0 Å². The van der Waals surface area contributed by atoms with Gasteiger partial charge in [0, 0.05) is 18.0 Å². The number of benzene rings is 1. The van der Waals surface area contributed by atoms with Gasteiger partial charge in [0.15, 0.2) is 9.84 Å². The molecule has 1 aromatic heterocycles. The highest BCUT2D eigenvalue weighted by molar-refractivity contribution is 7.89. The fourth-order valence-electron chi connectivity index (χ4n) is 3.77. The summed E-state index contributed by atoms with van der Waals surface area (Å²) < 4.78 is 68.3. The second-order valence-electron chi connectivity index (χ2n) is 7.95. The summed E-state index contributed by atoms with van der Waals surface area (Å²) >= 11 is 0. The van der Waals surface area contributed by atoms with E-state index in [0.717, 1.165) is 22.3 Å². The molecule has 1 aromatic carbocycles. The number of nitrogens with zero attached hydrogens (tertiary/aromatic N) is 2.